The van der Waals surface area contributed by atoms with Crippen molar-refractivity contribution < 1.29 is 0 Å². The molecule has 0 saturated carbocycles. The smallest absolute Gasteiger partial charge is 0.204 e. The zero-order valence-corrected chi connectivity index (χ0v) is 9.96. The molecule has 0 atom stereocenters. The first-order valence-corrected chi connectivity index (χ1v) is 5.46. The molecule has 7 heteroatoms. The van der Waals surface area contributed by atoms with E-state index in [9.17, 15) is 0 Å². The number of benzene rings is 1. The molecule has 2 rings (SSSR count). The second-order valence-corrected chi connectivity index (χ2v) is 3.65. The zero-order valence-electron chi connectivity index (χ0n) is 9.21. The van der Waals surface area contributed by atoms with Crippen molar-refractivity contribution in [3.63, 3.8) is 0 Å². The van der Waals surface area contributed by atoms with Gasteiger partial charge in [0.05, 0.1) is 18.6 Å². The average Bonchev–Trinajstić information content (AvgIpc) is 2.77. The Labute approximate surface area is 103 Å². The standard InChI is InChI=1S/C10H11ClN6/c1-17-15-10(14-16-17)7-2-4-8(5-3-7)13-9(12)6-11/h2-5H,6H2,1H3,(H2,12,13). The quantitative estimate of drug-likeness (QED) is 0.503. The molecule has 17 heavy (non-hydrogen) atoms. The van der Waals surface area contributed by atoms with Crippen LogP contribution in [0.25, 0.3) is 11.4 Å². The summed E-state index contributed by atoms with van der Waals surface area (Å²) in [5.41, 5.74) is 7.16. The van der Waals surface area contributed by atoms with E-state index in [1.165, 1.54) is 4.80 Å². The van der Waals surface area contributed by atoms with Crippen molar-refractivity contribution in [3.8, 4) is 11.4 Å². The third kappa shape index (κ3) is 2.79. The van der Waals surface area contributed by atoms with E-state index < -0.39 is 0 Å². The number of aromatic nitrogens is 4. The number of aliphatic imine (C=N–C) groups is 1. The number of tetrazole rings is 1. The van der Waals surface area contributed by atoms with Crippen LogP contribution in [0.5, 0.6) is 0 Å². The highest BCUT2D eigenvalue weighted by Gasteiger charge is 2.03. The van der Waals surface area contributed by atoms with Gasteiger partial charge in [0.2, 0.25) is 5.82 Å². The second-order valence-electron chi connectivity index (χ2n) is 3.39. The predicted octanol–water partition coefficient (Wildman–Crippen LogP) is 1.10. The number of aryl methyl sites for hydroxylation is 1. The Kier molecular flexibility index (Phi) is 3.34. The third-order valence-electron chi connectivity index (χ3n) is 2.04. The van der Waals surface area contributed by atoms with Crippen molar-refractivity contribution in [3.05, 3.63) is 24.3 Å². The fourth-order valence-corrected chi connectivity index (χ4v) is 1.34. The van der Waals surface area contributed by atoms with E-state index in [1.807, 2.05) is 24.3 Å². The van der Waals surface area contributed by atoms with Crippen LogP contribution in [0.4, 0.5) is 5.69 Å². The lowest BCUT2D eigenvalue weighted by molar-refractivity contribution is 0.630. The normalized spacial score (nSPS) is 11.8. The van der Waals surface area contributed by atoms with Crippen LogP contribution in [-0.4, -0.2) is 31.9 Å². The monoisotopic (exact) mass is 250 g/mol. The molecule has 1 aromatic carbocycles. The average molecular weight is 251 g/mol. The number of hydrogen-bond acceptors (Lipinski definition) is 4. The fraction of sp³-hybridized carbons (Fsp3) is 0.200. The summed E-state index contributed by atoms with van der Waals surface area (Å²) >= 11 is 5.54. The highest BCUT2D eigenvalue weighted by molar-refractivity contribution is 6.28. The lowest BCUT2D eigenvalue weighted by atomic mass is 10.2. The Bertz CT molecular complexity index is 530. The molecule has 0 aliphatic carbocycles. The Morgan fingerprint density at radius 1 is 1.41 bits per heavy atom. The van der Waals surface area contributed by atoms with Crippen molar-refractivity contribution in [1.29, 1.82) is 0 Å². The van der Waals surface area contributed by atoms with Crippen LogP contribution in [0.15, 0.2) is 29.3 Å². The van der Waals surface area contributed by atoms with Crippen LogP contribution >= 0.6 is 11.6 Å². The molecule has 6 nitrogen and oxygen atoms in total. The molecule has 0 bridgehead atoms. The van der Waals surface area contributed by atoms with Crippen molar-refractivity contribution in [2.75, 3.05) is 5.88 Å². The van der Waals surface area contributed by atoms with Gasteiger partial charge >= 0.3 is 0 Å². The van der Waals surface area contributed by atoms with Gasteiger partial charge in [-0.25, -0.2) is 4.99 Å². The van der Waals surface area contributed by atoms with Crippen LogP contribution in [0.2, 0.25) is 0 Å². The van der Waals surface area contributed by atoms with Crippen LogP contribution in [0.1, 0.15) is 0 Å². The van der Waals surface area contributed by atoms with Gasteiger partial charge in [0, 0.05) is 5.56 Å². The Morgan fingerprint density at radius 3 is 2.65 bits per heavy atom. The van der Waals surface area contributed by atoms with Crippen LogP contribution < -0.4 is 5.73 Å². The van der Waals surface area contributed by atoms with Gasteiger partial charge in [-0.05, 0) is 29.5 Å². The lowest BCUT2D eigenvalue weighted by Gasteiger charge is -1.98. The summed E-state index contributed by atoms with van der Waals surface area (Å²) in [5, 5.41) is 11.8. The number of alkyl halides is 1. The highest BCUT2D eigenvalue weighted by atomic mass is 35.5. The summed E-state index contributed by atoms with van der Waals surface area (Å²) < 4.78 is 0. The maximum Gasteiger partial charge on any atom is 0.204 e. The molecule has 0 saturated heterocycles. The Hall–Kier alpha value is -1.95. The first kappa shape index (κ1) is 11.5. The second kappa shape index (κ2) is 4.92. The first-order valence-electron chi connectivity index (χ1n) is 4.92. The van der Waals surface area contributed by atoms with Gasteiger partial charge in [-0.2, -0.15) is 4.80 Å². The largest absolute Gasteiger partial charge is 0.386 e. The van der Waals surface area contributed by atoms with Gasteiger partial charge < -0.3 is 5.73 Å². The van der Waals surface area contributed by atoms with Gasteiger partial charge in [0.15, 0.2) is 0 Å². The SMILES string of the molecule is Cn1nnc(-c2ccc(N=C(N)CCl)cc2)n1. The predicted molar refractivity (Wildman–Crippen MR) is 66.2 cm³/mol. The van der Waals surface area contributed by atoms with Crippen molar-refractivity contribution in [2.45, 2.75) is 0 Å². The van der Waals surface area contributed by atoms with Crippen LogP contribution in [0.3, 0.4) is 0 Å². The van der Waals surface area contributed by atoms with E-state index in [0.717, 1.165) is 11.3 Å². The minimum absolute atomic E-state index is 0.216. The summed E-state index contributed by atoms with van der Waals surface area (Å²) in [4.78, 5) is 5.53. The highest BCUT2D eigenvalue weighted by Crippen LogP contribution is 2.18. The molecule has 0 radical (unpaired) electrons. The molecule has 2 N–H and O–H groups in total. The summed E-state index contributed by atoms with van der Waals surface area (Å²) in [6.07, 6.45) is 0. The molecule has 0 aliphatic rings. The number of nitrogens with two attached hydrogens (primary N) is 1. The minimum Gasteiger partial charge on any atom is -0.386 e. The molecule has 0 spiro atoms. The van der Waals surface area contributed by atoms with Gasteiger partial charge in [-0.3, -0.25) is 0 Å². The summed E-state index contributed by atoms with van der Waals surface area (Å²) in [6, 6.07) is 7.37. The summed E-state index contributed by atoms with van der Waals surface area (Å²) in [6.45, 7) is 0. The Morgan fingerprint density at radius 2 is 2.12 bits per heavy atom. The molecule has 0 unspecified atom stereocenters. The molecule has 1 heterocycles. The zero-order chi connectivity index (χ0) is 12.3. The molecule has 0 amide bonds. The van der Waals surface area contributed by atoms with E-state index in [-0.39, 0.29) is 5.88 Å². The molecule has 1 aromatic heterocycles. The van der Waals surface area contributed by atoms with Crippen molar-refractivity contribution in [2.24, 2.45) is 17.8 Å². The molecular formula is C10H11ClN6. The number of nitrogens with zero attached hydrogens (tertiary/aromatic N) is 5. The minimum atomic E-state index is 0.216. The van der Waals surface area contributed by atoms with Crippen LogP contribution in [0, 0.1) is 0 Å². The van der Waals surface area contributed by atoms with Gasteiger partial charge in [-0.1, -0.05) is 0 Å². The van der Waals surface area contributed by atoms with Gasteiger partial charge in [-0.15, -0.1) is 21.8 Å². The summed E-state index contributed by atoms with van der Waals surface area (Å²) in [5.74, 6) is 1.18. The van der Waals surface area contributed by atoms with E-state index in [4.69, 9.17) is 17.3 Å². The lowest BCUT2D eigenvalue weighted by Crippen LogP contribution is -2.12. The van der Waals surface area contributed by atoms with E-state index in [0.29, 0.717) is 11.7 Å². The number of hydrogen-bond donors (Lipinski definition) is 1. The fourth-order valence-electron chi connectivity index (χ4n) is 1.28. The van der Waals surface area contributed by atoms with E-state index in [2.05, 4.69) is 20.4 Å². The molecule has 0 aliphatic heterocycles. The molecular weight excluding hydrogens is 240 g/mol. The van der Waals surface area contributed by atoms with Gasteiger partial charge in [0.25, 0.3) is 0 Å². The maximum atomic E-state index is 5.54. The maximum absolute atomic E-state index is 5.54. The third-order valence-corrected chi connectivity index (χ3v) is 2.32. The number of amidine groups is 1. The number of halogens is 1. The summed E-state index contributed by atoms with van der Waals surface area (Å²) in [7, 11) is 1.72. The molecule has 2 aromatic rings. The number of rotatable bonds is 3. The van der Waals surface area contributed by atoms with Crippen molar-refractivity contribution >= 4 is 23.1 Å². The molecule has 88 valence electrons. The molecule has 0 fully saturated rings. The van der Waals surface area contributed by atoms with Gasteiger partial charge in [0.1, 0.15) is 5.84 Å². The first-order chi connectivity index (χ1) is 8.19. The van der Waals surface area contributed by atoms with E-state index >= 15 is 0 Å². The van der Waals surface area contributed by atoms with E-state index in [1.54, 1.807) is 7.05 Å². The topological polar surface area (TPSA) is 82.0 Å². The van der Waals surface area contributed by atoms with Crippen LogP contribution in [-0.2, 0) is 7.05 Å². The van der Waals surface area contributed by atoms with Crippen molar-refractivity contribution in [1.82, 2.24) is 20.2 Å². The Balaban J connectivity index is 2.24.